The van der Waals surface area contributed by atoms with Gasteiger partial charge in [0.15, 0.2) is 5.78 Å². The van der Waals surface area contributed by atoms with Crippen molar-refractivity contribution in [3.63, 3.8) is 0 Å². The van der Waals surface area contributed by atoms with E-state index in [0.717, 1.165) is 5.69 Å². The van der Waals surface area contributed by atoms with E-state index >= 15 is 0 Å². The predicted molar refractivity (Wildman–Crippen MR) is 93.4 cm³/mol. The van der Waals surface area contributed by atoms with Crippen molar-refractivity contribution in [3.8, 4) is 0 Å². The average molecular weight is 365 g/mol. The number of hydrogen-bond acceptors (Lipinski definition) is 5. The molecular formula is C17H21ClN4O3. The standard InChI is InChI=1S/C17H21ClN4O3/c1-17(14(23)9-15(24)20-17)3-2-16(25)22-6-4-21(5-7-22)13-8-12(18)10-19-11-13/h8,10-11H,2-7,9H2,1H3,(H,20,24). The van der Waals surface area contributed by atoms with Gasteiger partial charge < -0.3 is 15.1 Å². The lowest BCUT2D eigenvalue weighted by atomic mass is 9.92. The number of carbonyl (C=O) groups is 3. The summed E-state index contributed by atoms with van der Waals surface area (Å²) in [6, 6.07) is 1.86. The first-order valence-electron chi connectivity index (χ1n) is 8.35. The van der Waals surface area contributed by atoms with Crippen LogP contribution in [0.3, 0.4) is 0 Å². The second-order valence-electron chi connectivity index (χ2n) is 6.71. The third-order valence-corrected chi connectivity index (χ3v) is 5.09. The highest BCUT2D eigenvalue weighted by atomic mass is 35.5. The first kappa shape index (κ1) is 17.7. The molecule has 2 amide bonds. The van der Waals surface area contributed by atoms with Crippen molar-refractivity contribution < 1.29 is 14.4 Å². The van der Waals surface area contributed by atoms with E-state index in [9.17, 15) is 14.4 Å². The second kappa shape index (κ2) is 7.00. The molecule has 1 N–H and O–H groups in total. The van der Waals surface area contributed by atoms with E-state index in [0.29, 0.717) is 37.6 Å². The number of Topliss-reactive ketones (excluding diaryl/α,β-unsaturated/α-hetero) is 1. The molecule has 0 radical (unpaired) electrons. The van der Waals surface area contributed by atoms with Crippen LogP contribution in [0.1, 0.15) is 26.2 Å². The summed E-state index contributed by atoms with van der Waals surface area (Å²) < 4.78 is 0. The molecular weight excluding hydrogens is 344 g/mol. The van der Waals surface area contributed by atoms with Gasteiger partial charge in [0.05, 0.1) is 28.9 Å². The molecule has 1 unspecified atom stereocenters. The molecule has 0 saturated carbocycles. The summed E-state index contributed by atoms with van der Waals surface area (Å²) in [5.74, 6) is -0.383. The minimum absolute atomic E-state index is 0.0130. The van der Waals surface area contributed by atoms with Crippen molar-refractivity contribution in [2.45, 2.75) is 31.7 Å². The van der Waals surface area contributed by atoms with Crippen molar-refractivity contribution in [2.24, 2.45) is 0 Å². The average Bonchev–Trinajstić information content (AvgIpc) is 2.85. The number of ketones is 1. The van der Waals surface area contributed by atoms with Gasteiger partial charge in [-0.1, -0.05) is 11.6 Å². The summed E-state index contributed by atoms with van der Waals surface area (Å²) in [6.45, 7) is 4.34. The molecule has 1 atom stereocenters. The van der Waals surface area contributed by atoms with Crippen LogP contribution in [0.2, 0.25) is 5.02 Å². The Hall–Kier alpha value is -2.15. The van der Waals surface area contributed by atoms with Crippen LogP contribution < -0.4 is 10.2 Å². The lowest BCUT2D eigenvalue weighted by Crippen LogP contribution is -2.50. The SMILES string of the molecule is CC1(CCC(=O)N2CCN(c3cncc(Cl)c3)CC2)NC(=O)CC1=O. The Morgan fingerprint density at radius 2 is 2.00 bits per heavy atom. The second-order valence-corrected chi connectivity index (χ2v) is 7.15. The molecule has 8 heteroatoms. The zero-order valence-electron chi connectivity index (χ0n) is 14.1. The van der Waals surface area contributed by atoms with Gasteiger partial charge in [-0.15, -0.1) is 0 Å². The van der Waals surface area contributed by atoms with Gasteiger partial charge in [0.25, 0.3) is 0 Å². The fourth-order valence-corrected chi connectivity index (χ4v) is 3.44. The van der Waals surface area contributed by atoms with Crippen molar-refractivity contribution in [3.05, 3.63) is 23.5 Å². The van der Waals surface area contributed by atoms with Crippen LogP contribution in [0.4, 0.5) is 5.69 Å². The third-order valence-electron chi connectivity index (χ3n) is 4.88. The van der Waals surface area contributed by atoms with E-state index in [2.05, 4.69) is 15.2 Å². The van der Waals surface area contributed by atoms with E-state index in [4.69, 9.17) is 11.6 Å². The zero-order chi connectivity index (χ0) is 18.0. The van der Waals surface area contributed by atoms with Crippen molar-refractivity contribution in [1.29, 1.82) is 0 Å². The summed E-state index contributed by atoms with van der Waals surface area (Å²) in [6.07, 6.45) is 3.86. The summed E-state index contributed by atoms with van der Waals surface area (Å²) in [7, 11) is 0. The van der Waals surface area contributed by atoms with E-state index < -0.39 is 5.54 Å². The van der Waals surface area contributed by atoms with Crippen molar-refractivity contribution in [1.82, 2.24) is 15.2 Å². The molecule has 2 aliphatic rings. The zero-order valence-corrected chi connectivity index (χ0v) is 14.9. The normalized spacial score (nSPS) is 23.8. The number of pyridine rings is 1. The first-order chi connectivity index (χ1) is 11.9. The highest BCUT2D eigenvalue weighted by molar-refractivity contribution is 6.30. The number of hydrogen-bond donors (Lipinski definition) is 1. The van der Waals surface area contributed by atoms with E-state index in [1.54, 1.807) is 24.2 Å². The van der Waals surface area contributed by atoms with Crippen LogP contribution >= 0.6 is 11.6 Å². The molecule has 2 fully saturated rings. The van der Waals surface area contributed by atoms with Crippen LogP contribution in [0, 0.1) is 0 Å². The molecule has 0 aliphatic carbocycles. The predicted octanol–water partition coefficient (Wildman–Crippen LogP) is 1.01. The number of amides is 2. The Morgan fingerprint density at radius 1 is 1.28 bits per heavy atom. The summed E-state index contributed by atoms with van der Waals surface area (Å²) in [5.41, 5.74) is 0.0486. The number of rotatable bonds is 4. The van der Waals surface area contributed by atoms with Gasteiger partial charge in [-0.3, -0.25) is 19.4 Å². The summed E-state index contributed by atoms with van der Waals surface area (Å²) in [4.78, 5) is 43.7. The summed E-state index contributed by atoms with van der Waals surface area (Å²) >= 11 is 5.97. The van der Waals surface area contributed by atoms with Crippen LogP contribution in [0.25, 0.3) is 0 Å². The Bertz CT molecular complexity index is 703. The van der Waals surface area contributed by atoms with E-state index in [1.807, 2.05) is 6.07 Å². The lowest BCUT2D eigenvalue weighted by molar-refractivity contribution is -0.132. The monoisotopic (exact) mass is 364 g/mol. The highest BCUT2D eigenvalue weighted by Gasteiger charge is 2.41. The molecule has 2 saturated heterocycles. The van der Waals surface area contributed by atoms with Gasteiger partial charge in [0.2, 0.25) is 11.8 Å². The quantitative estimate of drug-likeness (QED) is 0.806. The molecule has 1 aromatic heterocycles. The Balaban J connectivity index is 1.50. The number of nitrogens with one attached hydrogen (secondary N) is 1. The number of aromatic nitrogens is 1. The van der Waals surface area contributed by atoms with Crippen LogP contribution in [0.5, 0.6) is 0 Å². The van der Waals surface area contributed by atoms with Crippen LogP contribution in [0.15, 0.2) is 18.5 Å². The largest absolute Gasteiger partial charge is 0.367 e. The number of piperazine rings is 1. The van der Waals surface area contributed by atoms with Crippen LogP contribution in [-0.2, 0) is 14.4 Å². The molecule has 0 spiro atoms. The Morgan fingerprint density at radius 3 is 2.60 bits per heavy atom. The fourth-order valence-electron chi connectivity index (χ4n) is 3.27. The molecule has 134 valence electrons. The van der Waals surface area contributed by atoms with Gasteiger partial charge in [0, 0.05) is 38.8 Å². The molecule has 0 aromatic carbocycles. The van der Waals surface area contributed by atoms with E-state index in [-0.39, 0.29) is 30.4 Å². The van der Waals surface area contributed by atoms with Gasteiger partial charge in [-0.2, -0.15) is 0 Å². The molecule has 7 nitrogen and oxygen atoms in total. The highest BCUT2D eigenvalue weighted by Crippen LogP contribution is 2.23. The molecule has 3 rings (SSSR count). The van der Waals surface area contributed by atoms with Gasteiger partial charge in [-0.25, -0.2) is 0 Å². The van der Waals surface area contributed by atoms with Crippen molar-refractivity contribution in [2.75, 3.05) is 31.1 Å². The number of anilines is 1. The Kier molecular flexibility index (Phi) is 4.94. The van der Waals surface area contributed by atoms with Gasteiger partial charge in [-0.05, 0) is 19.4 Å². The maximum Gasteiger partial charge on any atom is 0.228 e. The lowest BCUT2D eigenvalue weighted by Gasteiger charge is -2.36. The Labute approximate surface area is 151 Å². The number of nitrogens with zero attached hydrogens (tertiary/aromatic N) is 3. The fraction of sp³-hybridized carbons (Fsp3) is 0.529. The molecule has 3 heterocycles. The van der Waals surface area contributed by atoms with Crippen LogP contribution in [-0.4, -0.2) is 59.2 Å². The maximum absolute atomic E-state index is 12.4. The van der Waals surface area contributed by atoms with Crippen molar-refractivity contribution >= 4 is 34.9 Å². The molecule has 1 aromatic rings. The topological polar surface area (TPSA) is 82.6 Å². The molecule has 0 bridgehead atoms. The maximum atomic E-state index is 12.4. The van der Waals surface area contributed by atoms with Gasteiger partial charge >= 0.3 is 0 Å². The molecule has 25 heavy (non-hydrogen) atoms. The van der Waals surface area contributed by atoms with Gasteiger partial charge in [0.1, 0.15) is 0 Å². The summed E-state index contributed by atoms with van der Waals surface area (Å²) in [5, 5.41) is 3.28. The van der Waals surface area contributed by atoms with E-state index in [1.165, 1.54) is 0 Å². The minimum Gasteiger partial charge on any atom is -0.367 e. The smallest absolute Gasteiger partial charge is 0.228 e. The first-order valence-corrected chi connectivity index (χ1v) is 8.73. The number of halogens is 1. The minimum atomic E-state index is -0.902. The number of carbonyl (C=O) groups excluding carboxylic acids is 3. The molecule has 2 aliphatic heterocycles. The third kappa shape index (κ3) is 3.92.